The fourth-order valence-electron chi connectivity index (χ4n) is 1.55. The molecule has 6 heteroatoms. The Bertz CT molecular complexity index is 498. The lowest BCUT2D eigenvalue weighted by Crippen LogP contribution is -2.18. The quantitative estimate of drug-likeness (QED) is 0.774. The van der Waals surface area contributed by atoms with Gasteiger partial charge >= 0.3 is 0 Å². The molecule has 0 unspecified atom stereocenters. The third kappa shape index (κ3) is 3.12. The maximum atomic E-state index is 5.26. The van der Waals surface area contributed by atoms with Crippen molar-refractivity contribution in [2.75, 3.05) is 20.3 Å². The SMILES string of the molecule is COCCNCc1cc(-c2nccnc2C)on1. The van der Waals surface area contributed by atoms with Gasteiger partial charge in [0, 0.05) is 38.7 Å². The average Bonchev–Trinajstić information content (AvgIpc) is 2.84. The van der Waals surface area contributed by atoms with Gasteiger partial charge in [-0.1, -0.05) is 5.16 Å². The Labute approximate surface area is 105 Å². The van der Waals surface area contributed by atoms with E-state index < -0.39 is 0 Å². The zero-order valence-electron chi connectivity index (χ0n) is 10.5. The molecule has 0 bridgehead atoms. The molecule has 2 aromatic rings. The second-order valence-corrected chi connectivity index (χ2v) is 3.84. The van der Waals surface area contributed by atoms with Crippen molar-refractivity contribution in [3.05, 3.63) is 29.8 Å². The standard InChI is InChI=1S/C12H16N4O2/c1-9-12(15-4-3-14-9)11-7-10(16-18-11)8-13-5-6-17-2/h3-4,7,13H,5-6,8H2,1-2H3. The normalized spacial score (nSPS) is 10.8. The summed E-state index contributed by atoms with van der Waals surface area (Å²) >= 11 is 0. The largest absolute Gasteiger partial charge is 0.383 e. The number of hydrogen-bond donors (Lipinski definition) is 1. The molecule has 18 heavy (non-hydrogen) atoms. The van der Waals surface area contributed by atoms with Crippen LogP contribution in [-0.4, -0.2) is 35.4 Å². The van der Waals surface area contributed by atoms with Crippen LogP contribution in [0.1, 0.15) is 11.4 Å². The zero-order chi connectivity index (χ0) is 12.8. The van der Waals surface area contributed by atoms with Crippen LogP contribution in [0.25, 0.3) is 11.5 Å². The molecule has 2 heterocycles. The van der Waals surface area contributed by atoms with Gasteiger partial charge in [0.2, 0.25) is 0 Å². The van der Waals surface area contributed by atoms with Crippen molar-refractivity contribution in [3.63, 3.8) is 0 Å². The first-order valence-electron chi connectivity index (χ1n) is 5.74. The summed E-state index contributed by atoms with van der Waals surface area (Å²) in [5.41, 5.74) is 2.40. The number of aromatic nitrogens is 3. The molecular formula is C12H16N4O2. The van der Waals surface area contributed by atoms with Gasteiger partial charge in [-0.05, 0) is 6.92 Å². The minimum absolute atomic E-state index is 0.643. The smallest absolute Gasteiger partial charge is 0.187 e. The van der Waals surface area contributed by atoms with Crippen molar-refractivity contribution in [2.45, 2.75) is 13.5 Å². The molecule has 0 aliphatic heterocycles. The van der Waals surface area contributed by atoms with Gasteiger partial charge in [0.25, 0.3) is 0 Å². The van der Waals surface area contributed by atoms with E-state index in [1.165, 1.54) is 0 Å². The van der Waals surface area contributed by atoms with Crippen LogP contribution in [0.5, 0.6) is 0 Å². The zero-order valence-corrected chi connectivity index (χ0v) is 10.5. The molecule has 2 aromatic heterocycles. The summed E-state index contributed by atoms with van der Waals surface area (Å²) in [4.78, 5) is 8.40. The Kier molecular flexibility index (Phi) is 4.38. The second-order valence-electron chi connectivity index (χ2n) is 3.84. The fourth-order valence-corrected chi connectivity index (χ4v) is 1.55. The van der Waals surface area contributed by atoms with E-state index in [1.807, 2.05) is 13.0 Å². The van der Waals surface area contributed by atoms with E-state index in [0.717, 1.165) is 23.6 Å². The third-order valence-corrected chi connectivity index (χ3v) is 2.46. The lowest BCUT2D eigenvalue weighted by molar-refractivity contribution is 0.199. The molecule has 0 radical (unpaired) electrons. The van der Waals surface area contributed by atoms with Crippen molar-refractivity contribution in [1.29, 1.82) is 0 Å². The van der Waals surface area contributed by atoms with Gasteiger partial charge in [0.15, 0.2) is 5.76 Å². The molecule has 6 nitrogen and oxygen atoms in total. The van der Waals surface area contributed by atoms with Crippen molar-refractivity contribution in [2.24, 2.45) is 0 Å². The van der Waals surface area contributed by atoms with Crippen molar-refractivity contribution in [3.8, 4) is 11.5 Å². The maximum Gasteiger partial charge on any atom is 0.187 e. The molecule has 2 rings (SSSR count). The van der Waals surface area contributed by atoms with Crippen molar-refractivity contribution >= 4 is 0 Å². The summed E-state index contributed by atoms with van der Waals surface area (Å²) < 4.78 is 10.2. The van der Waals surface area contributed by atoms with E-state index in [1.54, 1.807) is 19.5 Å². The fraction of sp³-hybridized carbons (Fsp3) is 0.417. The number of nitrogens with one attached hydrogen (secondary N) is 1. The topological polar surface area (TPSA) is 73.1 Å². The lowest BCUT2D eigenvalue weighted by Gasteiger charge is -1.99. The highest BCUT2D eigenvalue weighted by Gasteiger charge is 2.10. The number of aryl methyl sites for hydroxylation is 1. The predicted molar refractivity (Wildman–Crippen MR) is 65.8 cm³/mol. The molecule has 0 atom stereocenters. The summed E-state index contributed by atoms with van der Waals surface area (Å²) in [6, 6.07) is 1.87. The van der Waals surface area contributed by atoms with Gasteiger partial charge in [0.05, 0.1) is 18.0 Å². The molecule has 96 valence electrons. The van der Waals surface area contributed by atoms with Gasteiger partial charge in [-0.15, -0.1) is 0 Å². The molecule has 0 saturated heterocycles. The molecule has 0 aliphatic carbocycles. The van der Waals surface area contributed by atoms with Gasteiger partial charge < -0.3 is 14.6 Å². The Hall–Kier alpha value is -1.79. The van der Waals surface area contributed by atoms with Crippen molar-refractivity contribution < 1.29 is 9.26 Å². The van der Waals surface area contributed by atoms with Gasteiger partial charge in [-0.2, -0.15) is 0 Å². The highest BCUT2D eigenvalue weighted by molar-refractivity contribution is 5.54. The van der Waals surface area contributed by atoms with E-state index >= 15 is 0 Å². The summed E-state index contributed by atoms with van der Waals surface area (Å²) in [5.74, 6) is 0.643. The number of methoxy groups -OCH3 is 1. The number of nitrogens with zero attached hydrogens (tertiary/aromatic N) is 3. The van der Waals surface area contributed by atoms with Gasteiger partial charge in [0.1, 0.15) is 5.69 Å². The number of hydrogen-bond acceptors (Lipinski definition) is 6. The molecule has 0 spiro atoms. The summed E-state index contributed by atoms with van der Waals surface area (Å²) in [6.07, 6.45) is 3.30. The summed E-state index contributed by atoms with van der Waals surface area (Å²) in [7, 11) is 1.67. The summed E-state index contributed by atoms with van der Waals surface area (Å²) in [6.45, 7) is 3.99. The monoisotopic (exact) mass is 248 g/mol. The molecule has 0 saturated carbocycles. The van der Waals surface area contributed by atoms with Crippen LogP contribution >= 0.6 is 0 Å². The Morgan fingerprint density at radius 1 is 1.33 bits per heavy atom. The number of rotatable bonds is 6. The highest BCUT2D eigenvalue weighted by atomic mass is 16.5. The highest BCUT2D eigenvalue weighted by Crippen LogP contribution is 2.19. The summed E-state index contributed by atoms with van der Waals surface area (Å²) in [5, 5.41) is 7.18. The molecular weight excluding hydrogens is 232 g/mol. The van der Waals surface area contributed by atoms with Crippen LogP contribution in [0.15, 0.2) is 23.0 Å². The molecule has 0 fully saturated rings. The van der Waals surface area contributed by atoms with Gasteiger partial charge in [-0.3, -0.25) is 4.98 Å². The Balaban J connectivity index is 2.00. The van der Waals surface area contributed by atoms with Crippen LogP contribution < -0.4 is 5.32 Å². The minimum atomic E-state index is 0.643. The Morgan fingerprint density at radius 3 is 2.94 bits per heavy atom. The first kappa shape index (κ1) is 12.7. The molecule has 0 aromatic carbocycles. The average molecular weight is 248 g/mol. The molecule has 1 N–H and O–H groups in total. The van der Waals surface area contributed by atoms with E-state index in [-0.39, 0.29) is 0 Å². The van der Waals surface area contributed by atoms with E-state index in [9.17, 15) is 0 Å². The van der Waals surface area contributed by atoms with Crippen LogP contribution in [0.3, 0.4) is 0 Å². The van der Waals surface area contributed by atoms with E-state index in [4.69, 9.17) is 9.26 Å². The van der Waals surface area contributed by atoms with E-state index in [0.29, 0.717) is 18.9 Å². The van der Waals surface area contributed by atoms with Crippen molar-refractivity contribution in [1.82, 2.24) is 20.4 Å². The van der Waals surface area contributed by atoms with Gasteiger partial charge in [-0.25, -0.2) is 4.98 Å². The predicted octanol–water partition coefficient (Wildman–Crippen LogP) is 1.18. The van der Waals surface area contributed by atoms with Crippen LogP contribution in [0, 0.1) is 6.92 Å². The maximum absolute atomic E-state index is 5.26. The van der Waals surface area contributed by atoms with E-state index in [2.05, 4.69) is 20.4 Å². The lowest BCUT2D eigenvalue weighted by atomic mass is 10.2. The number of ether oxygens (including phenoxy) is 1. The molecule has 0 amide bonds. The van der Waals surface area contributed by atoms with Crippen LogP contribution in [0.4, 0.5) is 0 Å². The Morgan fingerprint density at radius 2 is 2.17 bits per heavy atom. The second kappa shape index (κ2) is 6.23. The van der Waals surface area contributed by atoms with Crippen LogP contribution in [0.2, 0.25) is 0 Å². The first-order chi connectivity index (χ1) is 8.81. The first-order valence-corrected chi connectivity index (χ1v) is 5.74. The third-order valence-electron chi connectivity index (χ3n) is 2.46. The van der Waals surface area contributed by atoms with Crippen LogP contribution in [-0.2, 0) is 11.3 Å². The minimum Gasteiger partial charge on any atom is -0.383 e. The molecule has 0 aliphatic rings.